The second-order valence-electron chi connectivity index (χ2n) is 4.18. The number of carbonyl (C=O) groups excluding carboxylic acids is 1. The van der Waals surface area contributed by atoms with Gasteiger partial charge in [-0.2, -0.15) is 0 Å². The molecular formula is C13H16O. The quantitative estimate of drug-likeness (QED) is 0.667. The van der Waals surface area contributed by atoms with Gasteiger partial charge in [-0.1, -0.05) is 25.1 Å². The Labute approximate surface area is 85.1 Å². The molecule has 1 aromatic rings. The van der Waals surface area contributed by atoms with E-state index in [9.17, 15) is 4.79 Å². The predicted octanol–water partition coefficient (Wildman–Crippen LogP) is 2.87. The molecule has 1 nitrogen and oxygen atoms in total. The first-order valence-corrected chi connectivity index (χ1v) is 5.36. The predicted molar refractivity (Wildman–Crippen MR) is 57.6 cm³/mol. The Balaban J connectivity index is 2.19. The third kappa shape index (κ3) is 1.72. The zero-order valence-corrected chi connectivity index (χ0v) is 8.62. The molecule has 1 aromatic carbocycles. The van der Waals surface area contributed by atoms with Gasteiger partial charge in [-0.3, -0.25) is 0 Å². The number of rotatable bonds is 3. The summed E-state index contributed by atoms with van der Waals surface area (Å²) in [7, 11) is 0. The van der Waals surface area contributed by atoms with Crippen molar-refractivity contribution in [2.75, 3.05) is 0 Å². The van der Waals surface area contributed by atoms with Crippen molar-refractivity contribution < 1.29 is 4.79 Å². The summed E-state index contributed by atoms with van der Waals surface area (Å²) in [5.74, 6) is 0.727. The number of aldehydes is 1. The number of benzene rings is 1. The van der Waals surface area contributed by atoms with Crippen LogP contribution in [0.2, 0.25) is 0 Å². The molecule has 74 valence electrons. The minimum absolute atomic E-state index is 0.647. The van der Waals surface area contributed by atoms with Crippen molar-refractivity contribution in [3.63, 3.8) is 0 Å². The van der Waals surface area contributed by atoms with Crippen LogP contribution < -0.4 is 0 Å². The largest absolute Gasteiger partial charge is 0.303 e. The molecule has 0 amide bonds. The van der Waals surface area contributed by atoms with Crippen LogP contribution in [0, 0.1) is 0 Å². The highest BCUT2D eigenvalue weighted by molar-refractivity contribution is 5.50. The lowest BCUT2D eigenvalue weighted by Crippen LogP contribution is -1.91. The summed E-state index contributed by atoms with van der Waals surface area (Å²) in [5, 5.41) is 0. The minimum Gasteiger partial charge on any atom is -0.303 e. The summed E-state index contributed by atoms with van der Waals surface area (Å²) in [6.45, 7) is 2.29. The van der Waals surface area contributed by atoms with Crippen LogP contribution in [0.1, 0.15) is 42.4 Å². The number of hydrogen-bond donors (Lipinski definition) is 0. The molecule has 0 bridgehead atoms. The Kier molecular flexibility index (Phi) is 2.67. The molecule has 1 atom stereocenters. The van der Waals surface area contributed by atoms with E-state index in [-0.39, 0.29) is 0 Å². The van der Waals surface area contributed by atoms with Crippen molar-refractivity contribution in [1.82, 2.24) is 0 Å². The average Bonchev–Trinajstić information content (AvgIpc) is 2.57. The topological polar surface area (TPSA) is 17.1 Å². The van der Waals surface area contributed by atoms with Gasteiger partial charge < -0.3 is 4.79 Å². The number of carbonyl (C=O) groups is 1. The first-order valence-electron chi connectivity index (χ1n) is 5.36. The first-order chi connectivity index (χ1) is 6.81. The Morgan fingerprint density at radius 1 is 1.50 bits per heavy atom. The van der Waals surface area contributed by atoms with E-state index in [0.717, 1.165) is 18.6 Å². The molecule has 0 spiro atoms. The second kappa shape index (κ2) is 3.95. The molecule has 1 heteroatoms. The molecule has 0 aliphatic heterocycles. The number of hydrogen-bond acceptors (Lipinski definition) is 1. The van der Waals surface area contributed by atoms with Gasteiger partial charge in [-0.15, -0.1) is 0 Å². The van der Waals surface area contributed by atoms with Crippen molar-refractivity contribution in [2.24, 2.45) is 0 Å². The summed E-state index contributed by atoms with van der Waals surface area (Å²) in [6, 6.07) is 6.69. The summed E-state index contributed by atoms with van der Waals surface area (Å²) < 4.78 is 0. The average molecular weight is 188 g/mol. The molecule has 0 fully saturated rings. The molecule has 0 heterocycles. The SMILES string of the molecule is C[C@@H]1CCc2cc(CCC=O)ccc21. The normalized spacial score (nSPS) is 19.4. The Morgan fingerprint density at radius 2 is 2.36 bits per heavy atom. The van der Waals surface area contributed by atoms with Gasteiger partial charge in [0.15, 0.2) is 0 Å². The molecule has 14 heavy (non-hydrogen) atoms. The van der Waals surface area contributed by atoms with Crippen molar-refractivity contribution in [3.05, 3.63) is 34.9 Å². The zero-order valence-electron chi connectivity index (χ0n) is 8.62. The van der Waals surface area contributed by atoms with Crippen LogP contribution >= 0.6 is 0 Å². The van der Waals surface area contributed by atoms with E-state index < -0.39 is 0 Å². The van der Waals surface area contributed by atoms with Gasteiger partial charge in [-0.25, -0.2) is 0 Å². The maximum absolute atomic E-state index is 10.3. The third-order valence-corrected chi connectivity index (χ3v) is 3.14. The lowest BCUT2D eigenvalue weighted by molar-refractivity contribution is -0.107. The van der Waals surface area contributed by atoms with Gasteiger partial charge in [0, 0.05) is 6.42 Å². The number of fused-ring (bicyclic) bond motifs is 1. The third-order valence-electron chi connectivity index (χ3n) is 3.14. The fourth-order valence-electron chi connectivity index (χ4n) is 2.26. The Morgan fingerprint density at radius 3 is 3.14 bits per heavy atom. The van der Waals surface area contributed by atoms with Crippen LogP contribution in [0.4, 0.5) is 0 Å². The van der Waals surface area contributed by atoms with Crippen molar-refractivity contribution in [1.29, 1.82) is 0 Å². The van der Waals surface area contributed by atoms with Gasteiger partial charge in [0.05, 0.1) is 0 Å². The summed E-state index contributed by atoms with van der Waals surface area (Å²) in [6.07, 6.45) is 5.03. The molecule has 2 rings (SSSR count). The van der Waals surface area contributed by atoms with E-state index in [0.29, 0.717) is 6.42 Å². The maximum Gasteiger partial charge on any atom is 0.120 e. The van der Waals surface area contributed by atoms with Gasteiger partial charge >= 0.3 is 0 Å². The molecule has 0 unspecified atom stereocenters. The fraction of sp³-hybridized carbons (Fsp3) is 0.462. The van der Waals surface area contributed by atoms with Crippen LogP contribution in [-0.2, 0) is 17.6 Å². The standard InChI is InChI=1S/C13H16O/c1-10-4-6-12-9-11(3-2-8-14)5-7-13(10)12/h5,7-10H,2-4,6H2,1H3/t10-/m1/s1. The molecule has 0 radical (unpaired) electrons. The Hall–Kier alpha value is -1.11. The second-order valence-corrected chi connectivity index (χ2v) is 4.18. The molecule has 0 saturated heterocycles. The van der Waals surface area contributed by atoms with E-state index in [1.54, 1.807) is 0 Å². The van der Waals surface area contributed by atoms with Gasteiger partial charge in [0.2, 0.25) is 0 Å². The van der Waals surface area contributed by atoms with E-state index >= 15 is 0 Å². The summed E-state index contributed by atoms with van der Waals surface area (Å²) in [5.41, 5.74) is 4.32. The number of aryl methyl sites for hydroxylation is 2. The summed E-state index contributed by atoms with van der Waals surface area (Å²) in [4.78, 5) is 10.3. The van der Waals surface area contributed by atoms with Gasteiger partial charge in [0.1, 0.15) is 6.29 Å². The molecular weight excluding hydrogens is 172 g/mol. The van der Waals surface area contributed by atoms with Crippen LogP contribution in [0.15, 0.2) is 18.2 Å². The van der Waals surface area contributed by atoms with E-state index in [1.165, 1.54) is 29.5 Å². The molecule has 0 saturated carbocycles. The highest BCUT2D eigenvalue weighted by atomic mass is 16.1. The van der Waals surface area contributed by atoms with E-state index in [4.69, 9.17) is 0 Å². The fourth-order valence-corrected chi connectivity index (χ4v) is 2.26. The maximum atomic E-state index is 10.3. The summed E-state index contributed by atoms with van der Waals surface area (Å²) >= 11 is 0. The lowest BCUT2D eigenvalue weighted by Gasteiger charge is -2.05. The van der Waals surface area contributed by atoms with Crippen molar-refractivity contribution in [3.8, 4) is 0 Å². The zero-order chi connectivity index (χ0) is 9.97. The monoisotopic (exact) mass is 188 g/mol. The van der Waals surface area contributed by atoms with E-state index in [2.05, 4.69) is 25.1 Å². The molecule has 1 aliphatic rings. The van der Waals surface area contributed by atoms with Crippen molar-refractivity contribution in [2.45, 2.75) is 38.5 Å². The van der Waals surface area contributed by atoms with Crippen molar-refractivity contribution >= 4 is 6.29 Å². The first kappa shape index (κ1) is 9.45. The molecule has 0 N–H and O–H groups in total. The van der Waals surface area contributed by atoms with Crippen LogP contribution in [0.5, 0.6) is 0 Å². The Bertz CT molecular complexity index is 341. The van der Waals surface area contributed by atoms with Crippen LogP contribution in [0.25, 0.3) is 0 Å². The lowest BCUT2D eigenvalue weighted by atomic mass is 10.00. The van der Waals surface area contributed by atoms with Crippen LogP contribution in [0.3, 0.4) is 0 Å². The van der Waals surface area contributed by atoms with Crippen LogP contribution in [-0.4, -0.2) is 6.29 Å². The van der Waals surface area contributed by atoms with E-state index in [1.807, 2.05) is 0 Å². The smallest absolute Gasteiger partial charge is 0.120 e. The minimum atomic E-state index is 0.647. The molecule has 0 aromatic heterocycles. The highest BCUT2D eigenvalue weighted by Crippen LogP contribution is 2.32. The van der Waals surface area contributed by atoms with Gasteiger partial charge in [0.25, 0.3) is 0 Å². The van der Waals surface area contributed by atoms with Gasteiger partial charge in [-0.05, 0) is 41.9 Å². The highest BCUT2D eigenvalue weighted by Gasteiger charge is 2.17. The molecule has 1 aliphatic carbocycles.